The number of amides is 1. The first-order valence-electron chi connectivity index (χ1n) is 9.73. The van der Waals surface area contributed by atoms with Gasteiger partial charge in [0.25, 0.3) is 0 Å². The van der Waals surface area contributed by atoms with Gasteiger partial charge in [-0.1, -0.05) is 31.2 Å². The van der Waals surface area contributed by atoms with Crippen LogP contribution in [0.5, 0.6) is 0 Å². The highest BCUT2D eigenvalue weighted by Gasteiger charge is 2.32. The van der Waals surface area contributed by atoms with Crippen LogP contribution in [-0.2, 0) is 9.53 Å². The minimum absolute atomic E-state index is 0.00413. The zero-order valence-electron chi connectivity index (χ0n) is 15.8. The number of benzene rings is 1. The van der Waals surface area contributed by atoms with Crippen molar-refractivity contribution in [3.63, 3.8) is 0 Å². The van der Waals surface area contributed by atoms with Crippen LogP contribution in [-0.4, -0.2) is 43.1 Å². The summed E-state index contributed by atoms with van der Waals surface area (Å²) in [6, 6.07) is 8.49. The Balaban J connectivity index is 1.63. The van der Waals surface area contributed by atoms with Gasteiger partial charge in [0.2, 0.25) is 5.91 Å². The van der Waals surface area contributed by atoms with Crippen LogP contribution < -0.4 is 5.32 Å². The molecule has 0 aliphatic carbocycles. The van der Waals surface area contributed by atoms with E-state index in [9.17, 15) is 4.79 Å². The van der Waals surface area contributed by atoms with E-state index in [0.717, 1.165) is 13.1 Å². The van der Waals surface area contributed by atoms with Gasteiger partial charge in [-0.15, -0.1) is 0 Å². The summed E-state index contributed by atoms with van der Waals surface area (Å²) in [4.78, 5) is 15.0. The fourth-order valence-corrected chi connectivity index (χ4v) is 4.21. The average molecular weight is 344 g/mol. The highest BCUT2D eigenvalue weighted by Crippen LogP contribution is 2.30. The van der Waals surface area contributed by atoms with E-state index >= 15 is 0 Å². The summed E-state index contributed by atoms with van der Waals surface area (Å²) >= 11 is 0. The Bertz CT molecular complexity index is 583. The lowest BCUT2D eigenvalue weighted by atomic mass is 9.83. The van der Waals surface area contributed by atoms with Crippen LogP contribution >= 0.6 is 0 Å². The lowest BCUT2D eigenvalue weighted by Gasteiger charge is -2.39. The highest BCUT2D eigenvalue weighted by molar-refractivity contribution is 5.77. The van der Waals surface area contributed by atoms with Gasteiger partial charge in [-0.2, -0.15) is 0 Å². The van der Waals surface area contributed by atoms with Crippen molar-refractivity contribution in [3.05, 3.63) is 35.4 Å². The Kier molecular flexibility index (Phi) is 6.13. The van der Waals surface area contributed by atoms with E-state index in [0.29, 0.717) is 37.3 Å². The minimum atomic E-state index is -0.00413. The predicted molar refractivity (Wildman–Crippen MR) is 100 cm³/mol. The second kappa shape index (κ2) is 8.33. The van der Waals surface area contributed by atoms with Gasteiger partial charge in [0.1, 0.15) is 6.10 Å². The summed E-state index contributed by atoms with van der Waals surface area (Å²) < 4.78 is 6.06. The molecule has 4 heteroatoms. The Morgan fingerprint density at radius 3 is 2.76 bits per heavy atom. The van der Waals surface area contributed by atoms with Crippen LogP contribution in [0.3, 0.4) is 0 Å². The van der Waals surface area contributed by atoms with Crippen molar-refractivity contribution >= 4 is 5.91 Å². The maximum atomic E-state index is 13.0. The van der Waals surface area contributed by atoms with Gasteiger partial charge in [0.15, 0.2) is 0 Å². The Labute approximate surface area is 151 Å². The smallest absolute Gasteiger partial charge is 0.223 e. The first-order chi connectivity index (χ1) is 12.1. The number of nitrogens with zero attached hydrogens (tertiary/aromatic N) is 1. The van der Waals surface area contributed by atoms with Crippen molar-refractivity contribution in [2.24, 2.45) is 11.8 Å². The molecule has 0 spiro atoms. The summed E-state index contributed by atoms with van der Waals surface area (Å²) in [6.07, 6.45) is 3.04. The van der Waals surface area contributed by atoms with Crippen LogP contribution in [0.1, 0.15) is 50.3 Å². The number of nitrogens with one attached hydrogen (secondary N) is 1. The fourth-order valence-electron chi connectivity index (χ4n) is 4.21. The van der Waals surface area contributed by atoms with E-state index in [2.05, 4.69) is 49.2 Å². The van der Waals surface area contributed by atoms with Crippen LogP contribution in [0.4, 0.5) is 0 Å². The Hall–Kier alpha value is -1.39. The zero-order valence-corrected chi connectivity index (χ0v) is 15.8. The van der Waals surface area contributed by atoms with Crippen LogP contribution in [0.25, 0.3) is 0 Å². The van der Waals surface area contributed by atoms with Gasteiger partial charge < -0.3 is 15.0 Å². The second-order valence-corrected chi connectivity index (χ2v) is 7.84. The van der Waals surface area contributed by atoms with E-state index in [4.69, 9.17) is 4.74 Å². The molecule has 2 saturated heterocycles. The van der Waals surface area contributed by atoms with E-state index in [1.165, 1.54) is 24.0 Å². The molecule has 3 rings (SSSR count). The number of aryl methyl sites for hydroxylation is 1. The molecule has 3 atom stereocenters. The lowest BCUT2D eigenvalue weighted by molar-refractivity contribution is -0.145. The molecule has 138 valence electrons. The minimum Gasteiger partial charge on any atom is -0.370 e. The molecule has 2 fully saturated rings. The largest absolute Gasteiger partial charge is 0.370 e. The molecule has 1 aromatic carbocycles. The SMILES string of the molecule is Cc1ccccc1[C@@H]1CN(C(=O)C[C@H](C)C2CCNCC2)[C@@H](C)CO1. The maximum absolute atomic E-state index is 13.0. The van der Waals surface area contributed by atoms with Gasteiger partial charge in [-0.3, -0.25) is 4.79 Å². The number of carbonyl (C=O) groups is 1. The van der Waals surface area contributed by atoms with Crippen molar-refractivity contribution in [2.75, 3.05) is 26.2 Å². The summed E-state index contributed by atoms with van der Waals surface area (Å²) in [5.74, 6) is 1.43. The molecule has 4 nitrogen and oxygen atoms in total. The Morgan fingerprint density at radius 1 is 1.32 bits per heavy atom. The van der Waals surface area contributed by atoms with Gasteiger partial charge >= 0.3 is 0 Å². The fraction of sp³-hybridized carbons (Fsp3) is 0.667. The number of rotatable bonds is 4. The summed E-state index contributed by atoms with van der Waals surface area (Å²) in [6.45, 7) is 9.93. The van der Waals surface area contributed by atoms with Crippen molar-refractivity contribution < 1.29 is 9.53 Å². The van der Waals surface area contributed by atoms with Gasteiger partial charge in [0, 0.05) is 6.42 Å². The zero-order chi connectivity index (χ0) is 17.8. The quantitative estimate of drug-likeness (QED) is 0.911. The number of hydrogen-bond donors (Lipinski definition) is 1. The third-order valence-corrected chi connectivity index (χ3v) is 5.97. The normalized spacial score (nSPS) is 26.4. The van der Waals surface area contributed by atoms with Crippen molar-refractivity contribution in [1.29, 1.82) is 0 Å². The summed E-state index contributed by atoms with van der Waals surface area (Å²) in [7, 11) is 0. The number of carbonyl (C=O) groups excluding carboxylic acids is 1. The molecule has 0 saturated carbocycles. The monoisotopic (exact) mass is 344 g/mol. The molecule has 0 bridgehead atoms. The highest BCUT2D eigenvalue weighted by atomic mass is 16.5. The molecule has 2 aliphatic heterocycles. The van der Waals surface area contributed by atoms with E-state index in [-0.39, 0.29) is 12.1 Å². The molecule has 2 heterocycles. The molecule has 0 unspecified atom stereocenters. The second-order valence-electron chi connectivity index (χ2n) is 7.84. The van der Waals surface area contributed by atoms with Gasteiger partial charge in [-0.05, 0) is 62.7 Å². The van der Waals surface area contributed by atoms with Gasteiger partial charge in [-0.25, -0.2) is 0 Å². The van der Waals surface area contributed by atoms with E-state index in [1.807, 2.05) is 6.07 Å². The van der Waals surface area contributed by atoms with Gasteiger partial charge in [0.05, 0.1) is 19.2 Å². The summed E-state index contributed by atoms with van der Waals surface area (Å²) in [5.41, 5.74) is 2.44. The predicted octanol–water partition coefficient (Wildman–Crippen LogP) is 3.31. The molecular weight excluding hydrogens is 312 g/mol. The molecule has 0 radical (unpaired) electrons. The molecule has 1 aromatic rings. The molecule has 0 aromatic heterocycles. The first kappa shape index (κ1) is 18.4. The van der Waals surface area contributed by atoms with Crippen LogP contribution in [0, 0.1) is 18.8 Å². The molecule has 1 N–H and O–H groups in total. The first-order valence-corrected chi connectivity index (χ1v) is 9.73. The number of piperidine rings is 1. The topological polar surface area (TPSA) is 41.6 Å². The molecule has 2 aliphatic rings. The molecule has 1 amide bonds. The average Bonchev–Trinajstić information content (AvgIpc) is 2.63. The van der Waals surface area contributed by atoms with E-state index in [1.54, 1.807) is 0 Å². The Morgan fingerprint density at radius 2 is 2.04 bits per heavy atom. The maximum Gasteiger partial charge on any atom is 0.223 e. The lowest BCUT2D eigenvalue weighted by Crippen LogP contribution is -2.49. The van der Waals surface area contributed by atoms with Crippen molar-refractivity contribution in [1.82, 2.24) is 10.2 Å². The van der Waals surface area contributed by atoms with Crippen LogP contribution in [0.15, 0.2) is 24.3 Å². The van der Waals surface area contributed by atoms with Crippen molar-refractivity contribution in [2.45, 2.75) is 52.2 Å². The van der Waals surface area contributed by atoms with Crippen molar-refractivity contribution in [3.8, 4) is 0 Å². The number of hydrogen-bond acceptors (Lipinski definition) is 3. The van der Waals surface area contributed by atoms with Crippen LogP contribution in [0.2, 0.25) is 0 Å². The van der Waals surface area contributed by atoms with E-state index < -0.39 is 0 Å². The third-order valence-electron chi connectivity index (χ3n) is 5.97. The third kappa shape index (κ3) is 4.42. The number of morpholine rings is 1. The summed E-state index contributed by atoms with van der Waals surface area (Å²) in [5, 5.41) is 3.41. The molecular formula is C21H32N2O2. The standard InChI is InChI=1S/C21H32N2O2/c1-15-6-4-5-7-19(15)20-13-23(17(3)14-25-20)21(24)12-16(2)18-8-10-22-11-9-18/h4-7,16-18,20,22H,8-14H2,1-3H3/t16-,17-,20-/m0/s1. The number of ether oxygens (including phenoxy) is 1. The molecule has 25 heavy (non-hydrogen) atoms.